The van der Waals surface area contributed by atoms with Crippen molar-refractivity contribution < 1.29 is 28.6 Å². The molecular weight excluding hydrogens is 937 g/mol. The van der Waals surface area contributed by atoms with Crippen molar-refractivity contribution in [1.82, 2.24) is 0 Å². The third-order valence-electron chi connectivity index (χ3n) is 15.4. The van der Waals surface area contributed by atoms with Crippen LogP contribution in [-0.2, 0) is 28.6 Å². The van der Waals surface area contributed by atoms with Crippen molar-refractivity contribution in [3.63, 3.8) is 0 Å². The van der Waals surface area contributed by atoms with E-state index in [1.165, 1.54) is 238 Å². The van der Waals surface area contributed by atoms with Crippen LogP contribution in [0.3, 0.4) is 0 Å². The Balaban J connectivity index is 4.28. The standard InChI is InChI=1S/C70H130O6/c1-4-7-10-13-16-19-22-25-28-30-32-34-36-37-39-42-45-48-51-54-57-60-63-69(72)75-66-67(65-74-68(71)62-59-56-53-50-47-44-41-27-24-21-18-15-12-9-6-3)76-70(73)64-61-58-55-52-49-46-43-40-38-35-33-31-29-26-23-20-17-14-11-8-5-2/h9,12,18,21,27,41,67H,4-8,10-11,13-17,19-20,22-26,28-40,42-66H2,1-3H3/b12-9-,21-18-,41-27-. The van der Waals surface area contributed by atoms with Crippen LogP contribution in [0.5, 0.6) is 0 Å². The number of ether oxygens (including phenoxy) is 3. The van der Waals surface area contributed by atoms with Gasteiger partial charge in [0.25, 0.3) is 0 Å². The second-order valence-corrected chi connectivity index (χ2v) is 23.1. The number of allylic oxidation sites excluding steroid dienone is 6. The summed E-state index contributed by atoms with van der Waals surface area (Å²) in [5.74, 6) is -0.860. The smallest absolute Gasteiger partial charge is 0.306 e. The first-order chi connectivity index (χ1) is 37.5. The van der Waals surface area contributed by atoms with E-state index in [0.717, 1.165) is 96.3 Å². The monoisotopic (exact) mass is 1070 g/mol. The van der Waals surface area contributed by atoms with Crippen LogP contribution >= 0.6 is 0 Å². The molecule has 0 saturated heterocycles. The molecule has 0 rings (SSSR count). The number of carbonyl (C=O) groups is 3. The molecule has 0 amide bonds. The summed E-state index contributed by atoms with van der Waals surface area (Å²) in [6.07, 6.45) is 80.2. The molecule has 0 bridgehead atoms. The SMILES string of the molecule is CC/C=C\C/C=C\C/C=C\CCCCCCCC(=O)OCC(COC(=O)CCCCCCCCCCCCCCCCCCCCCCCC)OC(=O)CCCCCCCCCCCCCCCCCCCCCCC. The summed E-state index contributed by atoms with van der Waals surface area (Å²) in [6, 6.07) is 0. The summed E-state index contributed by atoms with van der Waals surface area (Å²) in [4.78, 5) is 38.4. The Kier molecular flexibility index (Phi) is 63.1. The third kappa shape index (κ3) is 62.5. The van der Waals surface area contributed by atoms with Gasteiger partial charge in [-0.2, -0.15) is 0 Å². The molecule has 6 nitrogen and oxygen atoms in total. The summed E-state index contributed by atoms with van der Waals surface area (Å²) in [5.41, 5.74) is 0. The quantitative estimate of drug-likeness (QED) is 0.0261. The van der Waals surface area contributed by atoms with E-state index in [9.17, 15) is 14.4 Å². The van der Waals surface area contributed by atoms with E-state index < -0.39 is 6.10 Å². The molecule has 1 unspecified atom stereocenters. The van der Waals surface area contributed by atoms with Gasteiger partial charge in [0, 0.05) is 19.3 Å². The molecule has 446 valence electrons. The van der Waals surface area contributed by atoms with Gasteiger partial charge >= 0.3 is 17.9 Å². The lowest BCUT2D eigenvalue weighted by Crippen LogP contribution is -2.30. The molecule has 0 aliphatic heterocycles. The van der Waals surface area contributed by atoms with Gasteiger partial charge in [0.05, 0.1) is 0 Å². The predicted molar refractivity (Wildman–Crippen MR) is 330 cm³/mol. The lowest BCUT2D eigenvalue weighted by Gasteiger charge is -2.18. The maximum absolute atomic E-state index is 12.9. The van der Waals surface area contributed by atoms with Gasteiger partial charge in [-0.15, -0.1) is 0 Å². The summed E-state index contributed by atoms with van der Waals surface area (Å²) in [5, 5.41) is 0. The Morgan fingerprint density at radius 3 is 0.803 bits per heavy atom. The zero-order valence-electron chi connectivity index (χ0n) is 51.3. The van der Waals surface area contributed by atoms with Gasteiger partial charge in [0.15, 0.2) is 6.10 Å². The zero-order chi connectivity index (χ0) is 55.0. The Morgan fingerprint density at radius 2 is 0.513 bits per heavy atom. The van der Waals surface area contributed by atoms with Crippen LogP contribution in [0, 0.1) is 0 Å². The molecule has 0 fully saturated rings. The van der Waals surface area contributed by atoms with Crippen molar-refractivity contribution in [2.45, 2.75) is 380 Å². The van der Waals surface area contributed by atoms with Gasteiger partial charge in [-0.3, -0.25) is 14.4 Å². The molecule has 0 aromatic rings. The minimum absolute atomic E-state index is 0.0719. The Bertz CT molecular complexity index is 1270. The maximum atomic E-state index is 12.9. The van der Waals surface area contributed by atoms with Crippen molar-refractivity contribution in [1.29, 1.82) is 0 Å². The minimum Gasteiger partial charge on any atom is -0.462 e. The number of carbonyl (C=O) groups excluding carboxylic acids is 3. The lowest BCUT2D eigenvalue weighted by atomic mass is 10.0. The highest BCUT2D eigenvalue weighted by Gasteiger charge is 2.19. The van der Waals surface area contributed by atoms with Crippen molar-refractivity contribution in [3.05, 3.63) is 36.5 Å². The van der Waals surface area contributed by atoms with Gasteiger partial charge in [0.1, 0.15) is 13.2 Å². The van der Waals surface area contributed by atoms with Crippen LogP contribution in [0.1, 0.15) is 374 Å². The first-order valence-electron chi connectivity index (χ1n) is 34.0. The Hall–Kier alpha value is -2.37. The van der Waals surface area contributed by atoms with E-state index in [0.29, 0.717) is 19.3 Å². The molecule has 0 aromatic carbocycles. The molecule has 6 heteroatoms. The molecule has 76 heavy (non-hydrogen) atoms. The molecule has 0 aliphatic carbocycles. The van der Waals surface area contributed by atoms with Crippen molar-refractivity contribution in [2.75, 3.05) is 13.2 Å². The van der Waals surface area contributed by atoms with E-state index in [1.807, 2.05) is 0 Å². The molecule has 0 spiro atoms. The number of hydrogen-bond acceptors (Lipinski definition) is 6. The van der Waals surface area contributed by atoms with Gasteiger partial charge in [0.2, 0.25) is 0 Å². The average molecular weight is 1070 g/mol. The first kappa shape index (κ1) is 73.6. The lowest BCUT2D eigenvalue weighted by molar-refractivity contribution is -0.167. The molecule has 0 heterocycles. The fourth-order valence-electron chi connectivity index (χ4n) is 10.3. The second-order valence-electron chi connectivity index (χ2n) is 23.1. The molecule has 0 radical (unpaired) electrons. The first-order valence-corrected chi connectivity index (χ1v) is 34.0. The van der Waals surface area contributed by atoms with Gasteiger partial charge in [-0.25, -0.2) is 0 Å². The number of esters is 3. The van der Waals surface area contributed by atoms with E-state index in [4.69, 9.17) is 14.2 Å². The topological polar surface area (TPSA) is 78.9 Å². The van der Waals surface area contributed by atoms with Crippen molar-refractivity contribution >= 4 is 17.9 Å². The van der Waals surface area contributed by atoms with Crippen LogP contribution in [-0.4, -0.2) is 37.2 Å². The molecule has 0 aliphatic rings. The number of unbranched alkanes of at least 4 members (excludes halogenated alkanes) is 46. The summed E-state index contributed by atoms with van der Waals surface area (Å²) in [7, 11) is 0. The molecule has 0 saturated carbocycles. The van der Waals surface area contributed by atoms with E-state index >= 15 is 0 Å². The molecule has 0 N–H and O–H groups in total. The largest absolute Gasteiger partial charge is 0.462 e. The van der Waals surface area contributed by atoms with E-state index in [-0.39, 0.29) is 31.1 Å². The zero-order valence-corrected chi connectivity index (χ0v) is 51.3. The Morgan fingerprint density at radius 1 is 0.276 bits per heavy atom. The van der Waals surface area contributed by atoms with Crippen LogP contribution < -0.4 is 0 Å². The van der Waals surface area contributed by atoms with E-state index in [2.05, 4.69) is 57.2 Å². The highest BCUT2D eigenvalue weighted by Crippen LogP contribution is 2.19. The third-order valence-corrected chi connectivity index (χ3v) is 15.4. The van der Waals surface area contributed by atoms with Crippen LogP contribution in [0.2, 0.25) is 0 Å². The predicted octanol–water partition coefficient (Wildman–Crippen LogP) is 23.2. The van der Waals surface area contributed by atoms with Crippen LogP contribution in [0.4, 0.5) is 0 Å². The van der Waals surface area contributed by atoms with Crippen LogP contribution in [0.15, 0.2) is 36.5 Å². The minimum atomic E-state index is -0.777. The fourth-order valence-corrected chi connectivity index (χ4v) is 10.3. The number of hydrogen-bond donors (Lipinski definition) is 0. The summed E-state index contributed by atoms with van der Waals surface area (Å²) < 4.78 is 17.0. The normalized spacial score (nSPS) is 12.2. The van der Waals surface area contributed by atoms with Crippen molar-refractivity contribution in [2.24, 2.45) is 0 Å². The Labute approximate surface area is 474 Å². The van der Waals surface area contributed by atoms with Gasteiger partial charge in [-0.05, 0) is 51.4 Å². The molecule has 0 aromatic heterocycles. The second kappa shape index (κ2) is 65.2. The van der Waals surface area contributed by atoms with Crippen molar-refractivity contribution in [3.8, 4) is 0 Å². The van der Waals surface area contributed by atoms with Gasteiger partial charge < -0.3 is 14.2 Å². The van der Waals surface area contributed by atoms with Crippen LogP contribution in [0.25, 0.3) is 0 Å². The van der Waals surface area contributed by atoms with E-state index in [1.54, 1.807) is 0 Å². The maximum Gasteiger partial charge on any atom is 0.306 e. The molecule has 1 atom stereocenters. The summed E-state index contributed by atoms with van der Waals surface area (Å²) in [6.45, 7) is 6.59. The summed E-state index contributed by atoms with van der Waals surface area (Å²) >= 11 is 0. The highest BCUT2D eigenvalue weighted by molar-refractivity contribution is 5.71. The number of rotatable bonds is 63. The highest BCUT2D eigenvalue weighted by atomic mass is 16.6. The van der Waals surface area contributed by atoms with Gasteiger partial charge in [-0.1, -0.05) is 340 Å². The average Bonchev–Trinajstić information content (AvgIpc) is 3.42. The molecular formula is C70H130O6. The fraction of sp³-hybridized carbons (Fsp3) is 0.871.